The van der Waals surface area contributed by atoms with Crippen molar-refractivity contribution in [2.75, 3.05) is 0 Å². The molecule has 0 radical (unpaired) electrons. The summed E-state index contributed by atoms with van der Waals surface area (Å²) in [6.45, 7) is 19.3. The molecule has 3 unspecified atom stereocenters. The lowest BCUT2D eigenvalue weighted by atomic mass is 9.91. The number of rotatable bonds is 6. The molecule has 17 heavy (non-hydrogen) atoms. The van der Waals surface area contributed by atoms with Gasteiger partial charge in [-0.05, 0) is 20.8 Å². The first-order chi connectivity index (χ1) is 7.56. The Morgan fingerprint density at radius 3 is 0.824 bits per heavy atom. The van der Waals surface area contributed by atoms with Crippen LogP contribution in [0.25, 0.3) is 0 Å². The van der Waals surface area contributed by atoms with Gasteiger partial charge in [0.1, 0.15) is 0 Å². The maximum Gasteiger partial charge on any atom is 0.0886 e. The zero-order valence-corrected chi connectivity index (χ0v) is 13.3. The van der Waals surface area contributed by atoms with E-state index in [0.29, 0.717) is 17.8 Å². The van der Waals surface area contributed by atoms with Crippen LogP contribution in [0.3, 0.4) is 0 Å². The van der Waals surface area contributed by atoms with Gasteiger partial charge in [-0.15, -0.1) is 0 Å². The molecule has 0 aliphatic heterocycles. The van der Waals surface area contributed by atoms with Crippen molar-refractivity contribution in [3.63, 3.8) is 0 Å². The van der Waals surface area contributed by atoms with Gasteiger partial charge in [0.05, 0.1) is 18.1 Å². The first-order valence-electron chi connectivity index (χ1n) is 7.15. The predicted octanol–water partition coefficient (Wildman–Crippen LogP) is 4.43. The molecule has 0 spiro atoms. The highest BCUT2D eigenvalue weighted by Crippen LogP contribution is 2.33. The van der Waals surface area contributed by atoms with Gasteiger partial charge in [0.2, 0.25) is 0 Å². The van der Waals surface area contributed by atoms with Crippen LogP contribution in [0, 0.1) is 23.0 Å². The second-order valence-electron chi connectivity index (χ2n) is 6.72. The first kappa shape index (κ1) is 16.9. The van der Waals surface area contributed by atoms with E-state index in [1.165, 1.54) is 0 Å². The van der Waals surface area contributed by atoms with Crippen molar-refractivity contribution in [2.24, 2.45) is 17.8 Å². The second kappa shape index (κ2) is 6.19. The molecular formula is C15H33NO. The minimum atomic E-state index is -0.0486. The molecule has 0 aromatic heterocycles. The summed E-state index contributed by atoms with van der Waals surface area (Å²) in [5.41, 5.74) is 0. The van der Waals surface area contributed by atoms with Gasteiger partial charge < -0.3 is 9.85 Å². The smallest absolute Gasteiger partial charge is 0.0886 e. The molecule has 0 rings (SSSR count). The molecule has 0 aliphatic rings. The summed E-state index contributed by atoms with van der Waals surface area (Å²) in [4.78, 5) is 0. The molecule has 2 nitrogen and oxygen atoms in total. The molecule has 0 bridgehead atoms. The van der Waals surface area contributed by atoms with Crippen molar-refractivity contribution in [2.45, 2.75) is 80.4 Å². The van der Waals surface area contributed by atoms with E-state index in [1.54, 1.807) is 0 Å². The van der Waals surface area contributed by atoms with Gasteiger partial charge in [0.15, 0.2) is 0 Å². The van der Waals surface area contributed by atoms with E-state index in [-0.39, 0.29) is 22.8 Å². The normalized spacial score (nSPS) is 21.7. The van der Waals surface area contributed by atoms with Crippen LogP contribution in [-0.4, -0.2) is 22.8 Å². The van der Waals surface area contributed by atoms with Crippen LogP contribution in [-0.2, 0) is 0 Å². The number of hydrogen-bond acceptors (Lipinski definition) is 1. The van der Waals surface area contributed by atoms with E-state index >= 15 is 0 Å². The van der Waals surface area contributed by atoms with Crippen molar-refractivity contribution in [1.29, 1.82) is 0 Å². The van der Waals surface area contributed by atoms with Crippen LogP contribution in [0.2, 0.25) is 0 Å². The SMILES string of the molecule is CC(C)C(C)[N+]([O-])(C(C)C(C)C)C(C)C(C)C. The lowest BCUT2D eigenvalue weighted by Crippen LogP contribution is -2.64. The molecule has 0 heterocycles. The van der Waals surface area contributed by atoms with Crippen LogP contribution in [0.4, 0.5) is 0 Å². The average Bonchev–Trinajstić information content (AvgIpc) is 2.24. The van der Waals surface area contributed by atoms with Gasteiger partial charge in [-0.3, -0.25) is 0 Å². The third-order valence-electron chi connectivity index (χ3n) is 4.80. The largest absolute Gasteiger partial charge is 0.632 e. The van der Waals surface area contributed by atoms with Gasteiger partial charge in [0.25, 0.3) is 0 Å². The molecule has 0 aromatic carbocycles. The molecule has 3 atom stereocenters. The Morgan fingerprint density at radius 2 is 0.706 bits per heavy atom. The Balaban J connectivity index is 5.35. The quantitative estimate of drug-likeness (QED) is 0.500. The molecule has 0 N–H and O–H groups in total. The molecule has 0 fully saturated rings. The summed E-state index contributed by atoms with van der Waals surface area (Å²) in [5, 5.41) is 13.5. The third kappa shape index (κ3) is 3.45. The lowest BCUT2D eigenvalue weighted by Gasteiger charge is -2.59. The maximum atomic E-state index is 13.5. The molecule has 0 saturated heterocycles. The fourth-order valence-electron chi connectivity index (χ4n) is 2.51. The Hall–Kier alpha value is -0.0800. The van der Waals surface area contributed by atoms with E-state index in [9.17, 15) is 5.21 Å². The zero-order valence-electron chi connectivity index (χ0n) is 13.3. The Kier molecular flexibility index (Phi) is 6.16. The van der Waals surface area contributed by atoms with E-state index < -0.39 is 0 Å². The highest BCUT2D eigenvalue weighted by molar-refractivity contribution is 4.73. The maximum absolute atomic E-state index is 13.5. The van der Waals surface area contributed by atoms with Gasteiger partial charge >= 0.3 is 0 Å². The first-order valence-corrected chi connectivity index (χ1v) is 7.15. The zero-order chi connectivity index (χ0) is 14.0. The van der Waals surface area contributed by atoms with Crippen LogP contribution >= 0.6 is 0 Å². The molecule has 104 valence electrons. The number of nitrogens with zero attached hydrogens (tertiary/aromatic N) is 1. The van der Waals surface area contributed by atoms with E-state index in [0.717, 1.165) is 0 Å². The van der Waals surface area contributed by atoms with Crippen molar-refractivity contribution >= 4 is 0 Å². The standard InChI is InChI=1S/C15H33NO/c1-10(2)13(7)16(17,14(8)11(3)4)15(9)12(5)6/h10-15H,1-9H3. The minimum Gasteiger partial charge on any atom is -0.632 e. The summed E-state index contributed by atoms with van der Waals surface area (Å²) in [6, 6.07) is 0.472. The summed E-state index contributed by atoms with van der Waals surface area (Å²) in [6.07, 6.45) is 0. The Bertz CT molecular complexity index is 187. The van der Waals surface area contributed by atoms with Gasteiger partial charge in [-0.2, -0.15) is 0 Å². The number of hydrogen-bond donors (Lipinski definition) is 0. The summed E-state index contributed by atoms with van der Waals surface area (Å²) in [7, 11) is 0. The van der Waals surface area contributed by atoms with Crippen LogP contribution in [0.15, 0.2) is 0 Å². The van der Waals surface area contributed by atoms with E-state index in [2.05, 4.69) is 62.3 Å². The summed E-state index contributed by atoms with van der Waals surface area (Å²) >= 11 is 0. The van der Waals surface area contributed by atoms with Gasteiger partial charge in [-0.1, -0.05) is 41.5 Å². The predicted molar refractivity (Wildman–Crippen MR) is 76.5 cm³/mol. The van der Waals surface area contributed by atoms with E-state index in [1.807, 2.05) is 0 Å². The molecule has 0 aliphatic carbocycles. The fourth-order valence-corrected chi connectivity index (χ4v) is 2.51. The lowest BCUT2D eigenvalue weighted by molar-refractivity contribution is -0.956. The van der Waals surface area contributed by atoms with Crippen molar-refractivity contribution in [3.05, 3.63) is 5.21 Å². The second-order valence-corrected chi connectivity index (χ2v) is 6.72. The molecule has 0 amide bonds. The minimum absolute atomic E-state index is 0.0486. The van der Waals surface area contributed by atoms with Crippen molar-refractivity contribution in [1.82, 2.24) is 0 Å². The van der Waals surface area contributed by atoms with Crippen molar-refractivity contribution in [3.8, 4) is 0 Å². The molecular weight excluding hydrogens is 210 g/mol. The summed E-state index contributed by atoms with van der Waals surface area (Å²) < 4.78 is -0.0486. The van der Waals surface area contributed by atoms with Crippen LogP contribution in [0.5, 0.6) is 0 Å². The highest BCUT2D eigenvalue weighted by Gasteiger charge is 2.40. The van der Waals surface area contributed by atoms with Crippen molar-refractivity contribution < 1.29 is 4.65 Å². The Morgan fingerprint density at radius 1 is 0.529 bits per heavy atom. The molecule has 2 heteroatoms. The fraction of sp³-hybridized carbons (Fsp3) is 1.00. The monoisotopic (exact) mass is 243 g/mol. The number of hydroxylamine groups is 3. The highest BCUT2D eigenvalue weighted by atomic mass is 16.6. The molecule has 0 saturated carbocycles. The van der Waals surface area contributed by atoms with Gasteiger partial charge in [-0.25, -0.2) is 0 Å². The van der Waals surface area contributed by atoms with E-state index in [4.69, 9.17) is 0 Å². The van der Waals surface area contributed by atoms with Crippen LogP contribution < -0.4 is 0 Å². The average molecular weight is 243 g/mol. The van der Waals surface area contributed by atoms with Gasteiger partial charge in [0, 0.05) is 17.8 Å². The third-order valence-corrected chi connectivity index (χ3v) is 4.80. The topological polar surface area (TPSA) is 23.1 Å². The Labute approximate surface area is 109 Å². The summed E-state index contributed by atoms with van der Waals surface area (Å²) in [5.74, 6) is 1.28. The molecule has 0 aromatic rings. The van der Waals surface area contributed by atoms with Crippen LogP contribution in [0.1, 0.15) is 62.3 Å². The number of quaternary nitrogens is 1.